The fourth-order valence-corrected chi connectivity index (χ4v) is 4.26. The molecule has 1 aliphatic rings. The van der Waals surface area contributed by atoms with Crippen molar-refractivity contribution >= 4 is 41.4 Å². The second kappa shape index (κ2) is 12.4. The van der Waals surface area contributed by atoms with E-state index in [-0.39, 0.29) is 47.6 Å². The minimum Gasteiger partial charge on any atom is -0.480 e. The molecule has 1 aliphatic heterocycles. The summed E-state index contributed by atoms with van der Waals surface area (Å²) in [5.41, 5.74) is 1.29. The van der Waals surface area contributed by atoms with Gasteiger partial charge in [0.25, 0.3) is 5.91 Å². The van der Waals surface area contributed by atoms with E-state index in [0.717, 1.165) is 6.42 Å². The Hall–Kier alpha value is -3.63. The molecule has 1 unspecified atom stereocenters. The van der Waals surface area contributed by atoms with Crippen LogP contribution in [0.15, 0.2) is 41.0 Å². The summed E-state index contributed by atoms with van der Waals surface area (Å²) in [6.45, 7) is 3.53. The number of halogens is 1. The SMILES string of the molecule is Cc1cc(CNC(=O)/C=C/c2ccco2)cc(Cl)c1C(=O)N[C@@H](CNC(=O)[C@@H]1CCC(C)N1)C(=O)O. The van der Waals surface area contributed by atoms with Crippen LogP contribution in [0.4, 0.5) is 0 Å². The van der Waals surface area contributed by atoms with Crippen molar-refractivity contribution in [3.05, 3.63) is 64.1 Å². The summed E-state index contributed by atoms with van der Waals surface area (Å²) in [5, 5.41) is 20.5. The molecule has 1 aromatic carbocycles. The Morgan fingerprint density at radius 3 is 2.64 bits per heavy atom. The van der Waals surface area contributed by atoms with E-state index in [1.807, 2.05) is 6.92 Å². The third-order valence-corrected chi connectivity index (χ3v) is 6.06. The maximum Gasteiger partial charge on any atom is 0.328 e. The van der Waals surface area contributed by atoms with E-state index in [9.17, 15) is 24.3 Å². The molecular formula is C25H29ClN4O6. The van der Waals surface area contributed by atoms with Gasteiger partial charge < -0.3 is 30.8 Å². The molecule has 10 nitrogen and oxygen atoms in total. The summed E-state index contributed by atoms with van der Waals surface area (Å²) in [7, 11) is 0. The number of nitrogens with one attached hydrogen (secondary N) is 4. The summed E-state index contributed by atoms with van der Waals surface area (Å²) in [6.07, 6.45) is 5.90. The van der Waals surface area contributed by atoms with Gasteiger partial charge in [0, 0.05) is 25.2 Å². The lowest BCUT2D eigenvalue weighted by atomic mass is 10.0. The standard InChI is InChI=1S/C25H29ClN4O6/c1-14-10-16(12-27-21(31)8-6-17-4-3-9-36-17)11-18(26)22(14)24(33)30-20(25(34)35)13-28-23(32)19-7-5-15(2)29-19/h3-4,6,8-11,15,19-20,29H,5,7,12-13H2,1-2H3,(H,27,31)(H,28,32)(H,30,33)(H,34,35)/b8-6+/t15?,19-,20-/m0/s1. The summed E-state index contributed by atoms with van der Waals surface area (Å²) < 4.78 is 5.13. The molecule has 11 heteroatoms. The number of hydrogen-bond donors (Lipinski definition) is 5. The van der Waals surface area contributed by atoms with Crippen LogP contribution in [0.5, 0.6) is 0 Å². The summed E-state index contributed by atoms with van der Waals surface area (Å²) in [5.74, 6) is -2.06. The number of benzene rings is 1. The number of rotatable bonds is 10. The Balaban J connectivity index is 1.57. The predicted molar refractivity (Wildman–Crippen MR) is 133 cm³/mol. The molecule has 0 aliphatic carbocycles. The first-order valence-electron chi connectivity index (χ1n) is 11.5. The van der Waals surface area contributed by atoms with Crippen molar-refractivity contribution in [3.63, 3.8) is 0 Å². The highest BCUT2D eigenvalue weighted by Crippen LogP contribution is 2.22. The van der Waals surface area contributed by atoms with Crippen molar-refractivity contribution in [2.45, 2.75) is 51.4 Å². The number of aryl methyl sites for hydroxylation is 1. The van der Waals surface area contributed by atoms with Crippen LogP contribution in [-0.2, 0) is 20.9 Å². The van der Waals surface area contributed by atoms with E-state index >= 15 is 0 Å². The average Bonchev–Trinajstić information content (AvgIpc) is 3.50. The summed E-state index contributed by atoms with van der Waals surface area (Å²) >= 11 is 6.34. The number of carbonyl (C=O) groups is 4. The third kappa shape index (κ3) is 7.43. The molecule has 3 rings (SSSR count). The van der Waals surface area contributed by atoms with Crippen molar-refractivity contribution in [2.24, 2.45) is 0 Å². The molecule has 0 saturated carbocycles. The Bertz CT molecular complexity index is 1120. The van der Waals surface area contributed by atoms with E-state index in [1.54, 1.807) is 25.1 Å². The highest BCUT2D eigenvalue weighted by Gasteiger charge is 2.29. The number of carboxylic acids is 1. The summed E-state index contributed by atoms with van der Waals surface area (Å²) in [6, 6.07) is 5.14. The van der Waals surface area contributed by atoms with E-state index in [4.69, 9.17) is 16.0 Å². The molecule has 2 aromatic rings. The van der Waals surface area contributed by atoms with Crippen LogP contribution < -0.4 is 21.3 Å². The number of aliphatic carboxylic acids is 1. The normalized spacial score (nSPS) is 18.1. The van der Waals surface area contributed by atoms with Crippen molar-refractivity contribution in [1.29, 1.82) is 0 Å². The molecule has 0 bridgehead atoms. The van der Waals surface area contributed by atoms with Crippen LogP contribution in [0, 0.1) is 6.92 Å². The van der Waals surface area contributed by atoms with Gasteiger partial charge in [0.1, 0.15) is 11.8 Å². The van der Waals surface area contributed by atoms with Crippen LogP contribution >= 0.6 is 11.6 Å². The minimum atomic E-state index is -1.34. The molecule has 1 aromatic heterocycles. The lowest BCUT2D eigenvalue weighted by molar-refractivity contribution is -0.139. The van der Waals surface area contributed by atoms with Crippen molar-refractivity contribution in [2.75, 3.05) is 6.54 Å². The first kappa shape index (κ1) is 27.0. The van der Waals surface area contributed by atoms with Gasteiger partial charge >= 0.3 is 5.97 Å². The average molecular weight is 517 g/mol. The van der Waals surface area contributed by atoms with Crippen LogP contribution in [0.2, 0.25) is 5.02 Å². The predicted octanol–water partition coefficient (Wildman–Crippen LogP) is 2.01. The van der Waals surface area contributed by atoms with Gasteiger partial charge in [-0.15, -0.1) is 0 Å². The van der Waals surface area contributed by atoms with Gasteiger partial charge in [-0.1, -0.05) is 17.7 Å². The van der Waals surface area contributed by atoms with Gasteiger partial charge in [-0.25, -0.2) is 4.79 Å². The second-order valence-electron chi connectivity index (χ2n) is 8.64. The van der Waals surface area contributed by atoms with Crippen LogP contribution in [0.3, 0.4) is 0 Å². The molecular weight excluding hydrogens is 488 g/mol. The first-order valence-corrected chi connectivity index (χ1v) is 11.9. The fraction of sp³-hybridized carbons (Fsp3) is 0.360. The molecule has 192 valence electrons. The largest absolute Gasteiger partial charge is 0.480 e. The number of carboxylic acid groups (broad SMARTS) is 1. The van der Waals surface area contributed by atoms with Crippen molar-refractivity contribution in [3.8, 4) is 0 Å². The van der Waals surface area contributed by atoms with E-state index in [0.29, 0.717) is 23.3 Å². The van der Waals surface area contributed by atoms with Crippen LogP contribution in [0.25, 0.3) is 6.08 Å². The minimum absolute atomic E-state index is 0.111. The number of amides is 3. The zero-order valence-electron chi connectivity index (χ0n) is 20.0. The quantitative estimate of drug-likeness (QED) is 0.303. The Kier molecular flexibility index (Phi) is 9.26. The molecule has 3 amide bonds. The van der Waals surface area contributed by atoms with Gasteiger partial charge in [0.05, 0.1) is 22.9 Å². The Morgan fingerprint density at radius 2 is 2.03 bits per heavy atom. The highest BCUT2D eigenvalue weighted by atomic mass is 35.5. The molecule has 5 N–H and O–H groups in total. The second-order valence-corrected chi connectivity index (χ2v) is 9.05. The number of furan rings is 1. The molecule has 0 spiro atoms. The lowest BCUT2D eigenvalue weighted by Gasteiger charge is -2.19. The van der Waals surface area contributed by atoms with Crippen molar-refractivity contribution in [1.82, 2.24) is 21.3 Å². The van der Waals surface area contributed by atoms with Gasteiger partial charge in [-0.2, -0.15) is 0 Å². The van der Waals surface area contributed by atoms with Crippen LogP contribution in [0.1, 0.15) is 47.0 Å². The van der Waals surface area contributed by atoms with Crippen LogP contribution in [-0.4, -0.2) is 53.5 Å². The van der Waals surface area contributed by atoms with E-state index in [2.05, 4.69) is 21.3 Å². The van der Waals surface area contributed by atoms with Gasteiger partial charge in [-0.05, 0) is 62.1 Å². The lowest BCUT2D eigenvalue weighted by Crippen LogP contribution is -2.51. The monoisotopic (exact) mass is 516 g/mol. The molecule has 2 heterocycles. The molecule has 1 fully saturated rings. The highest BCUT2D eigenvalue weighted by molar-refractivity contribution is 6.34. The molecule has 36 heavy (non-hydrogen) atoms. The smallest absolute Gasteiger partial charge is 0.328 e. The maximum atomic E-state index is 12.8. The van der Waals surface area contributed by atoms with Crippen molar-refractivity contribution < 1.29 is 28.7 Å². The van der Waals surface area contributed by atoms with E-state index < -0.39 is 17.9 Å². The first-order chi connectivity index (χ1) is 17.1. The maximum absolute atomic E-state index is 12.8. The zero-order chi connectivity index (χ0) is 26.2. The van der Waals surface area contributed by atoms with E-state index in [1.165, 1.54) is 24.5 Å². The van der Waals surface area contributed by atoms with Gasteiger partial charge in [-0.3, -0.25) is 14.4 Å². The van der Waals surface area contributed by atoms with Gasteiger partial charge in [0.15, 0.2) is 0 Å². The molecule has 0 radical (unpaired) electrons. The number of carbonyl (C=O) groups excluding carboxylic acids is 3. The molecule has 3 atom stereocenters. The van der Waals surface area contributed by atoms with Gasteiger partial charge in [0.2, 0.25) is 11.8 Å². The summed E-state index contributed by atoms with van der Waals surface area (Å²) in [4.78, 5) is 48.9. The Morgan fingerprint density at radius 1 is 1.25 bits per heavy atom. The third-order valence-electron chi connectivity index (χ3n) is 5.76. The topological polar surface area (TPSA) is 150 Å². The Labute approximate surface area is 213 Å². The zero-order valence-corrected chi connectivity index (χ0v) is 20.7. The molecule has 1 saturated heterocycles. The number of hydrogen-bond acceptors (Lipinski definition) is 6. The fourth-order valence-electron chi connectivity index (χ4n) is 3.89.